The Morgan fingerprint density at radius 2 is 2.35 bits per heavy atom. The van der Waals surface area contributed by atoms with E-state index in [-0.39, 0.29) is 18.2 Å². The van der Waals surface area contributed by atoms with Gasteiger partial charge in [0, 0.05) is 11.8 Å². The van der Waals surface area contributed by atoms with Crippen molar-refractivity contribution < 1.29 is 19.7 Å². The summed E-state index contributed by atoms with van der Waals surface area (Å²) in [6.07, 6.45) is -3.09. The monoisotopic (exact) mass is 240 g/mol. The second kappa shape index (κ2) is 3.52. The van der Waals surface area contributed by atoms with Crippen LogP contribution in [0.15, 0.2) is 10.9 Å². The first-order valence-electron chi connectivity index (χ1n) is 5.33. The Morgan fingerprint density at radius 3 is 3.06 bits per heavy atom. The van der Waals surface area contributed by atoms with Gasteiger partial charge in [-0.25, -0.2) is 9.55 Å². The van der Waals surface area contributed by atoms with E-state index in [1.807, 2.05) is 0 Å². The van der Waals surface area contributed by atoms with E-state index in [2.05, 4.69) is 4.98 Å². The first kappa shape index (κ1) is 10.7. The van der Waals surface area contributed by atoms with Crippen LogP contribution in [0.2, 0.25) is 0 Å². The Kier molecular flexibility index (Phi) is 2.22. The maximum atomic E-state index is 11.8. The molecular weight excluding hydrogens is 228 g/mol. The van der Waals surface area contributed by atoms with Crippen molar-refractivity contribution in [2.75, 3.05) is 6.61 Å². The van der Waals surface area contributed by atoms with Crippen LogP contribution in [0.4, 0.5) is 0 Å². The number of hydrogen-bond donors (Lipinski definition) is 2. The van der Waals surface area contributed by atoms with Crippen molar-refractivity contribution in [3.05, 3.63) is 22.1 Å². The molecule has 0 aromatic carbocycles. The molecule has 1 saturated heterocycles. The number of ether oxygens (including phenoxy) is 2. The van der Waals surface area contributed by atoms with Crippen LogP contribution in [0.3, 0.4) is 0 Å². The summed E-state index contributed by atoms with van der Waals surface area (Å²) in [7, 11) is 0. The molecule has 2 N–H and O–H groups in total. The van der Waals surface area contributed by atoms with Gasteiger partial charge in [0.2, 0.25) is 0 Å². The SMILES string of the molecule is Cc1cc(=O)n2c(n1)O[C@@H]1[C@H](O)[C@@H](CO)O[C@@H]12. The van der Waals surface area contributed by atoms with Crippen LogP contribution in [0, 0.1) is 6.92 Å². The number of aliphatic hydroxyl groups excluding tert-OH is 2. The van der Waals surface area contributed by atoms with Gasteiger partial charge in [-0.15, -0.1) is 0 Å². The zero-order valence-electron chi connectivity index (χ0n) is 9.11. The summed E-state index contributed by atoms with van der Waals surface area (Å²) in [5.74, 6) is 0. The van der Waals surface area contributed by atoms with E-state index in [0.717, 1.165) is 0 Å². The highest BCUT2D eigenvalue weighted by Crippen LogP contribution is 2.37. The van der Waals surface area contributed by atoms with Crippen molar-refractivity contribution >= 4 is 0 Å². The average Bonchev–Trinajstić information content (AvgIpc) is 2.75. The molecule has 17 heavy (non-hydrogen) atoms. The third-order valence-corrected chi connectivity index (χ3v) is 3.04. The quantitative estimate of drug-likeness (QED) is 0.624. The molecule has 0 saturated carbocycles. The van der Waals surface area contributed by atoms with E-state index >= 15 is 0 Å². The van der Waals surface area contributed by atoms with Crippen LogP contribution in [-0.4, -0.2) is 44.7 Å². The summed E-state index contributed by atoms with van der Waals surface area (Å²) in [5.41, 5.74) is 0.264. The van der Waals surface area contributed by atoms with Crippen LogP contribution in [0.25, 0.3) is 0 Å². The maximum Gasteiger partial charge on any atom is 0.302 e. The van der Waals surface area contributed by atoms with Gasteiger partial charge < -0.3 is 19.7 Å². The molecule has 2 aliphatic rings. The smallest absolute Gasteiger partial charge is 0.302 e. The van der Waals surface area contributed by atoms with Gasteiger partial charge in [0.25, 0.3) is 5.56 Å². The third-order valence-electron chi connectivity index (χ3n) is 3.04. The van der Waals surface area contributed by atoms with Gasteiger partial charge in [0.15, 0.2) is 12.3 Å². The molecule has 0 spiro atoms. The second-order valence-electron chi connectivity index (χ2n) is 4.21. The van der Waals surface area contributed by atoms with E-state index in [1.54, 1.807) is 6.92 Å². The number of hydrogen-bond acceptors (Lipinski definition) is 6. The highest BCUT2D eigenvalue weighted by Gasteiger charge is 2.51. The summed E-state index contributed by atoms with van der Waals surface area (Å²) < 4.78 is 12.1. The van der Waals surface area contributed by atoms with Crippen molar-refractivity contribution in [3.63, 3.8) is 0 Å². The Morgan fingerprint density at radius 1 is 1.59 bits per heavy atom. The molecule has 1 aromatic heterocycles. The third kappa shape index (κ3) is 1.40. The van der Waals surface area contributed by atoms with Crippen LogP contribution < -0.4 is 10.3 Å². The highest BCUT2D eigenvalue weighted by atomic mass is 16.6. The Bertz CT molecular complexity index is 514. The average molecular weight is 240 g/mol. The van der Waals surface area contributed by atoms with Crippen molar-refractivity contribution in [3.8, 4) is 6.01 Å². The summed E-state index contributed by atoms with van der Waals surface area (Å²) >= 11 is 0. The van der Waals surface area contributed by atoms with Gasteiger partial charge >= 0.3 is 6.01 Å². The lowest BCUT2D eigenvalue weighted by atomic mass is 10.1. The first-order valence-corrected chi connectivity index (χ1v) is 5.33. The normalized spacial score (nSPS) is 34.3. The van der Waals surface area contributed by atoms with Crippen LogP contribution >= 0.6 is 0 Å². The predicted octanol–water partition coefficient (Wildman–Crippen LogP) is -1.44. The van der Waals surface area contributed by atoms with E-state index in [4.69, 9.17) is 14.6 Å². The molecule has 7 nitrogen and oxygen atoms in total. The minimum Gasteiger partial charge on any atom is -0.453 e. The molecule has 92 valence electrons. The largest absolute Gasteiger partial charge is 0.453 e. The molecule has 7 heteroatoms. The molecular formula is C10H12N2O5. The standard InChI is InChI=1S/C10H12N2O5/c1-4-2-6(14)12-9-8(17-10(12)11-4)7(15)5(3-13)16-9/h2,5,7-9,13,15H,3H2,1H3/t5-,7-,8-,9+/m1/s1. The number of fused-ring (bicyclic) bond motifs is 3. The molecule has 0 radical (unpaired) electrons. The van der Waals surface area contributed by atoms with Crippen molar-refractivity contribution in [2.24, 2.45) is 0 Å². The van der Waals surface area contributed by atoms with Crippen LogP contribution in [0.1, 0.15) is 11.9 Å². The molecule has 3 rings (SSSR count). The Labute approximate surface area is 96.2 Å². The number of nitrogens with zero attached hydrogens (tertiary/aromatic N) is 2. The minimum atomic E-state index is -0.966. The van der Waals surface area contributed by atoms with Crippen LogP contribution in [0.5, 0.6) is 6.01 Å². The van der Waals surface area contributed by atoms with Gasteiger partial charge in [-0.3, -0.25) is 4.79 Å². The lowest BCUT2D eigenvalue weighted by Crippen LogP contribution is -2.34. The minimum absolute atomic E-state index is 0.153. The molecule has 1 aromatic rings. The van der Waals surface area contributed by atoms with E-state index in [0.29, 0.717) is 5.69 Å². The molecule has 3 heterocycles. The van der Waals surface area contributed by atoms with E-state index in [9.17, 15) is 9.90 Å². The maximum absolute atomic E-state index is 11.8. The summed E-state index contributed by atoms with van der Waals surface area (Å²) in [6.45, 7) is 1.37. The Balaban J connectivity index is 2.05. The molecule has 2 aliphatic heterocycles. The van der Waals surface area contributed by atoms with Gasteiger partial charge in [-0.2, -0.15) is 0 Å². The molecule has 0 unspecified atom stereocenters. The fourth-order valence-corrected chi connectivity index (χ4v) is 2.22. The second-order valence-corrected chi connectivity index (χ2v) is 4.21. The van der Waals surface area contributed by atoms with E-state index in [1.165, 1.54) is 10.6 Å². The van der Waals surface area contributed by atoms with Crippen molar-refractivity contribution in [2.45, 2.75) is 31.5 Å². The number of aliphatic hydroxyl groups is 2. The molecule has 0 aliphatic carbocycles. The van der Waals surface area contributed by atoms with Gasteiger partial charge in [-0.05, 0) is 6.92 Å². The fourth-order valence-electron chi connectivity index (χ4n) is 2.22. The van der Waals surface area contributed by atoms with Gasteiger partial charge in [-0.1, -0.05) is 0 Å². The first-order chi connectivity index (χ1) is 8.11. The highest BCUT2D eigenvalue weighted by molar-refractivity contribution is 5.14. The molecule has 0 amide bonds. The lowest BCUT2D eigenvalue weighted by molar-refractivity contribution is -0.0443. The van der Waals surface area contributed by atoms with Gasteiger partial charge in [0.05, 0.1) is 6.61 Å². The molecule has 1 fully saturated rings. The summed E-state index contributed by atoms with van der Waals surface area (Å²) in [6, 6.07) is 1.53. The van der Waals surface area contributed by atoms with Crippen LogP contribution in [-0.2, 0) is 4.74 Å². The molecule has 0 bridgehead atoms. The lowest BCUT2D eigenvalue weighted by Gasteiger charge is -2.14. The topological polar surface area (TPSA) is 93.8 Å². The number of aromatic nitrogens is 2. The van der Waals surface area contributed by atoms with Gasteiger partial charge in [0.1, 0.15) is 12.2 Å². The zero-order valence-corrected chi connectivity index (χ0v) is 9.11. The van der Waals surface area contributed by atoms with Crippen molar-refractivity contribution in [1.82, 2.24) is 9.55 Å². The van der Waals surface area contributed by atoms with E-state index < -0.39 is 24.5 Å². The number of aryl methyl sites for hydroxylation is 1. The number of rotatable bonds is 1. The zero-order chi connectivity index (χ0) is 12.2. The Hall–Kier alpha value is -1.44. The predicted molar refractivity (Wildman–Crippen MR) is 54.7 cm³/mol. The fraction of sp³-hybridized carbons (Fsp3) is 0.600. The van der Waals surface area contributed by atoms with Crippen molar-refractivity contribution in [1.29, 1.82) is 0 Å². The summed E-state index contributed by atoms with van der Waals surface area (Å²) in [5, 5.41) is 18.8. The summed E-state index contributed by atoms with van der Waals surface area (Å²) in [4.78, 5) is 15.9. The molecule has 4 atom stereocenters.